The molecule has 0 atom stereocenters. The van der Waals surface area contributed by atoms with Crippen LogP contribution in [0.4, 0.5) is 0 Å². The van der Waals surface area contributed by atoms with E-state index in [1.165, 1.54) is 6.08 Å². The maximum atomic E-state index is 13.1. The molecule has 0 saturated carbocycles. The number of allylic oxidation sites excluding steroid dienone is 7. The number of rotatable bonds is 4. The van der Waals surface area contributed by atoms with Crippen LogP contribution in [0.25, 0.3) is 27.3 Å². The van der Waals surface area contributed by atoms with Gasteiger partial charge in [0.15, 0.2) is 17.3 Å². The van der Waals surface area contributed by atoms with Gasteiger partial charge in [-0.3, -0.25) is 14.4 Å². The molecular formula is C32H20O4. The summed E-state index contributed by atoms with van der Waals surface area (Å²) in [5, 5.41) is 3.88. The number of ether oxygens (including phenoxy) is 1. The minimum absolute atomic E-state index is 0.0979. The van der Waals surface area contributed by atoms with E-state index in [9.17, 15) is 14.4 Å². The largest absolute Gasteiger partial charge is 0.495 e. The van der Waals surface area contributed by atoms with Crippen LogP contribution in [0.1, 0.15) is 36.6 Å². The van der Waals surface area contributed by atoms with Crippen molar-refractivity contribution in [3.8, 4) is 0 Å². The maximum Gasteiger partial charge on any atom is 0.197 e. The molecule has 0 spiro atoms. The standard InChI is InChI=1S/C32H20O4/c1-36-32-24(31(35)27-17-21-11-7-8-12-22(21)18-28(27)32)14-4-2-3-13-23-29(33)25-15-19-9-5-6-10-20(19)16-26(25)30(23)34/h2-18H,1H3/b3-2+,14-4+. The first kappa shape index (κ1) is 21.7. The molecule has 172 valence electrons. The van der Waals surface area contributed by atoms with Gasteiger partial charge in [0, 0.05) is 22.3 Å². The van der Waals surface area contributed by atoms with E-state index in [4.69, 9.17) is 4.74 Å². The summed E-state index contributed by atoms with van der Waals surface area (Å²) < 4.78 is 5.59. The Morgan fingerprint density at radius 2 is 1.06 bits per heavy atom. The lowest BCUT2D eigenvalue weighted by Gasteiger charge is -2.05. The molecule has 0 radical (unpaired) electrons. The van der Waals surface area contributed by atoms with Crippen LogP contribution in [0.5, 0.6) is 0 Å². The molecule has 0 heterocycles. The first-order valence-corrected chi connectivity index (χ1v) is 11.6. The zero-order valence-electron chi connectivity index (χ0n) is 19.4. The van der Waals surface area contributed by atoms with Gasteiger partial charge in [-0.2, -0.15) is 0 Å². The van der Waals surface area contributed by atoms with Gasteiger partial charge in [0.2, 0.25) is 0 Å². The number of hydrogen-bond donors (Lipinski definition) is 0. The molecule has 0 amide bonds. The van der Waals surface area contributed by atoms with E-state index < -0.39 is 0 Å². The van der Waals surface area contributed by atoms with E-state index in [0.717, 1.165) is 27.1 Å². The van der Waals surface area contributed by atoms with Crippen LogP contribution < -0.4 is 0 Å². The van der Waals surface area contributed by atoms with Crippen LogP contribution in [0, 0.1) is 0 Å². The number of fused-ring (bicyclic) bond motifs is 4. The lowest BCUT2D eigenvalue weighted by molar-refractivity contribution is 0.0986. The number of benzene rings is 4. The van der Waals surface area contributed by atoms with Crippen LogP contribution in [-0.4, -0.2) is 24.5 Å². The van der Waals surface area contributed by atoms with Crippen LogP contribution in [0.15, 0.2) is 114 Å². The Morgan fingerprint density at radius 1 is 0.583 bits per heavy atom. The Morgan fingerprint density at radius 3 is 1.56 bits per heavy atom. The van der Waals surface area contributed by atoms with Crippen molar-refractivity contribution in [3.05, 3.63) is 137 Å². The van der Waals surface area contributed by atoms with Crippen molar-refractivity contribution in [1.82, 2.24) is 0 Å². The molecule has 4 nitrogen and oxygen atoms in total. The summed E-state index contributed by atoms with van der Waals surface area (Å²) in [6, 6.07) is 23.0. The van der Waals surface area contributed by atoms with Gasteiger partial charge in [-0.25, -0.2) is 0 Å². The van der Waals surface area contributed by atoms with E-state index in [1.54, 1.807) is 43.5 Å². The highest BCUT2D eigenvalue weighted by atomic mass is 16.5. The van der Waals surface area contributed by atoms with Crippen molar-refractivity contribution in [3.63, 3.8) is 0 Å². The summed E-state index contributed by atoms with van der Waals surface area (Å²) >= 11 is 0. The summed E-state index contributed by atoms with van der Waals surface area (Å²) in [6.45, 7) is 0. The molecule has 2 aliphatic rings. The van der Waals surface area contributed by atoms with Gasteiger partial charge in [0.05, 0.1) is 18.3 Å². The smallest absolute Gasteiger partial charge is 0.197 e. The third-order valence-electron chi connectivity index (χ3n) is 6.68. The Bertz CT molecular complexity index is 1710. The predicted molar refractivity (Wildman–Crippen MR) is 141 cm³/mol. The Hall–Kier alpha value is -4.83. The fraction of sp³-hybridized carbons (Fsp3) is 0.0312. The van der Waals surface area contributed by atoms with Crippen LogP contribution in [0.3, 0.4) is 0 Å². The second-order valence-corrected chi connectivity index (χ2v) is 8.75. The van der Waals surface area contributed by atoms with Crippen molar-refractivity contribution < 1.29 is 19.1 Å². The molecule has 0 aliphatic heterocycles. The van der Waals surface area contributed by atoms with Crippen molar-refractivity contribution in [2.24, 2.45) is 0 Å². The van der Waals surface area contributed by atoms with Gasteiger partial charge in [-0.05, 0) is 58.0 Å². The molecule has 6 rings (SSSR count). The molecule has 4 heteroatoms. The highest BCUT2D eigenvalue weighted by Gasteiger charge is 2.33. The Kier molecular flexibility index (Phi) is 5.08. The average molecular weight is 469 g/mol. The highest BCUT2D eigenvalue weighted by molar-refractivity contribution is 6.40. The minimum atomic E-state index is -0.271. The number of hydrogen-bond acceptors (Lipinski definition) is 4. The molecule has 0 aromatic heterocycles. The zero-order valence-corrected chi connectivity index (χ0v) is 19.4. The van der Waals surface area contributed by atoms with E-state index in [0.29, 0.717) is 28.0 Å². The molecule has 4 aromatic rings. The minimum Gasteiger partial charge on any atom is -0.495 e. The highest BCUT2D eigenvalue weighted by Crippen LogP contribution is 2.36. The second kappa shape index (κ2) is 8.43. The Labute approximate surface area is 207 Å². The number of methoxy groups -OCH3 is 1. The SMILES string of the molecule is COC1=C(/C=C/C=C/C=C2C(=O)c3cc4ccccc4cc3C2=O)C(=O)c2cc3ccccc3cc21. The van der Waals surface area contributed by atoms with Gasteiger partial charge < -0.3 is 4.74 Å². The van der Waals surface area contributed by atoms with Crippen molar-refractivity contribution >= 4 is 44.7 Å². The third kappa shape index (κ3) is 3.35. The second-order valence-electron chi connectivity index (χ2n) is 8.75. The van der Waals surface area contributed by atoms with Gasteiger partial charge >= 0.3 is 0 Å². The topological polar surface area (TPSA) is 60.4 Å². The molecule has 2 aliphatic carbocycles. The first-order chi connectivity index (χ1) is 17.6. The van der Waals surface area contributed by atoms with Crippen LogP contribution in [0.2, 0.25) is 0 Å². The number of carbonyl (C=O) groups is 3. The summed E-state index contributed by atoms with van der Waals surface area (Å²) in [5.41, 5.74) is 2.86. The van der Waals surface area contributed by atoms with Crippen LogP contribution in [-0.2, 0) is 4.74 Å². The van der Waals surface area contributed by atoms with Gasteiger partial charge in [-0.1, -0.05) is 66.8 Å². The fourth-order valence-corrected chi connectivity index (χ4v) is 4.91. The molecule has 0 fully saturated rings. The molecular weight excluding hydrogens is 448 g/mol. The van der Waals surface area contributed by atoms with Gasteiger partial charge in [0.1, 0.15) is 5.76 Å². The monoisotopic (exact) mass is 468 g/mol. The Balaban J connectivity index is 1.26. The van der Waals surface area contributed by atoms with Gasteiger partial charge in [0.25, 0.3) is 0 Å². The van der Waals surface area contributed by atoms with Gasteiger partial charge in [-0.15, -0.1) is 0 Å². The molecule has 4 aromatic carbocycles. The lowest BCUT2D eigenvalue weighted by atomic mass is 10.0. The van der Waals surface area contributed by atoms with E-state index in [-0.39, 0.29) is 22.9 Å². The molecule has 0 N–H and O–H groups in total. The molecule has 0 unspecified atom stereocenters. The molecule has 0 bridgehead atoms. The van der Waals surface area contributed by atoms with E-state index in [2.05, 4.69) is 0 Å². The summed E-state index contributed by atoms with van der Waals surface area (Å²) in [7, 11) is 1.55. The van der Waals surface area contributed by atoms with Crippen molar-refractivity contribution in [2.45, 2.75) is 0 Å². The predicted octanol–water partition coefficient (Wildman–Crippen LogP) is 6.66. The summed E-state index contributed by atoms with van der Waals surface area (Å²) in [6.07, 6.45) is 8.27. The summed E-state index contributed by atoms with van der Waals surface area (Å²) in [4.78, 5) is 38.8. The molecule has 0 saturated heterocycles. The third-order valence-corrected chi connectivity index (χ3v) is 6.68. The van der Waals surface area contributed by atoms with Crippen molar-refractivity contribution in [1.29, 1.82) is 0 Å². The number of Topliss-reactive ketones (excluding diaryl/α,β-unsaturated/α-hetero) is 3. The first-order valence-electron chi connectivity index (χ1n) is 11.6. The number of carbonyl (C=O) groups excluding carboxylic acids is 3. The van der Waals surface area contributed by atoms with Crippen LogP contribution >= 0.6 is 0 Å². The number of ketones is 3. The average Bonchev–Trinajstić information content (AvgIpc) is 3.30. The quantitative estimate of drug-likeness (QED) is 0.191. The fourth-order valence-electron chi connectivity index (χ4n) is 4.91. The van der Waals surface area contributed by atoms with E-state index in [1.807, 2.05) is 60.7 Å². The lowest BCUT2D eigenvalue weighted by Crippen LogP contribution is -1.99. The zero-order chi connectivity index (χ0) is 24.8. The van der Waals surface area contributed by atoms with Crippen molar-refractivity contribution in [2.75, 3.05) is 7.11 Å². The van der Waals surface area contributed by atoms with E-state index >= 15 is 0 Å². The molecule has 36 heavy (non-hydrogen) atoms. The normalized spacial score (nSPS) is 15.1. The summed E-state index contributed by atoms with van der Waals surface area (Å²) in [5.74, 6) is -0.105. The maximum absolute atomic E-state index is 13.1.